The monoisotopic (exact) mass is 155 g/mol. The summed E-state index contributed by atoms with van der Waals surface area (Å²) >= 11 is 0. The Kier molecular flexibility index (Phi) is 2.44. The third-order valence-electron chi connectivity index (χ3n) is 1.38. The quantitative estimate of drug-likeness (QED) is 0.642. The summed E-state index contributed by atoms with van der Waals surface area (Å²) in [6.45, 7) is 0. The number of para-hydroxylation sites is 1. The first kappa shape index (κ1) is 8.01. The third kappa shape index (κ3) is 1.68. The number of methoxy groups -OCH3 is 1. The summed E-state index contributed by atoms with van der Waals surface area (Å²) in [5, 5.41) is 10.4. The van der Waals surface area contributed by atoms with Gasteiger partial charge in [0.15, 0.2) is 0 Å². The molecule has 0 aliphatic heterocycles. The van der Waals surface area contributed by atoms with Crippen LogP contribution in [-0.4, -0.2) is 7.11 Å². The van der Waals surface area contributed by atoms with Gasteiger partial charge in [0.2, 0.25) is 0 Å². The minimum absolute atomic E-state index is 0.0509. The van der Waals surface area contributed by atoms with Gasteiger partial charge in [0.05, 0.1) is 12.7 Å². The van der Waals surface area contributed by atoms with Crippen LogP contribution in [0.2, 0.25) is 0 Å². The lowest BCUT2D eigenvalue weighted by atomic mass is 10.2. The van der Waals surface area contributed by atoms with E-state index in [0.29, 0.717) is 5.75 Å². The van der Waals surface area contributed by atoms with Crippen molar-refractivity contribution in [3.05, 3.63) is 29.8 Å². The molecule has 2 nitrogen and oxygen atoms in total. The summed E-state index contributed by atoms with van der Waals surface area (Å²) in [5.41, 5.74) is 0.0509. The number of alkyl halides is 1. The van der Waals surface area contributed by atoms with Gasteiger partial charge < -0.3 is 4.74 Å². The van der Waals surface area contributed by atoms with Gasteiger partial charge in [-0.1, -0.05) is 12.1 Å². The van der Waals surface area contributed by atoms with Crippen LogP contribution >= 0.6 is 0 Å². The molecule has 0 saturated carbocycles. The summed E-state index contributed by atoms with van der Waals surface area (Å²) < 4.78 is 17.0. The van der Waals surface area contributed by atoms with Gasteiger partial charge in [-0.15, -0.1) is 0 Å². The molecule has 0 heterocycles. The molecule has 0 aliphatic carbocycles. The molecule has 1 atom stereocenters. The van der Waals surface area contributed by atoms with E-state index in [1.807, 2.05) is 0 Å². The molecule has 0 fully saturated rings. The highest BCUT2D eigenvalue weighted by Crippen LogP contribution is 2.25. The largest absolute Gasteiger partial charge is 0.496 e. The fourth-order valence-corrected chi connectivity index (χ4v) is 0.854. The standard InChI is InChI=1S/C8H8FO2/c1-11-7-5-3-2-4-6(7)8(9)10/h2-5,8H,1H3. The number of hydrogen-bond acceptors (Lipinski definition) is 1. The second-order valence-corrected chi connectivity index (χ2v) is 2.06. The van der Waals surface area contributed by atoms with Crippen LogP contribution < -0.4 is 4.74 Å². The molecule has 0 aromatic heterocycles. The van der Waals surface area contributed by atoms with E-state index in [-0.39, 0.29) is 5.56 Å². The van der Waals surface area contributed by atoms with Crippen molar-refractivity contribution < 1.29 is 14.2 Å². The Labute approximate surface area is 64.2 Å². The Hall–Kier alpha value is -1.09. The van der Waals surface area contributed by atoms with Crippen LogP contribution in [0.4, 0.5) is 4.39 Å². The van der Waals surface area contributed by atoms with Crippen LogP contribution in [0.15, 0.2) is 24.3 Å². The summed E-state index contributed by atoms with van der Waals surface area (Å²) in [4.78, 5) is 0. The van der Waals surface area contributed by atoms with E-state index in [1.165, 1.54) is 13.2 Å². The van der Waals surface area contributed by atoms with Crippen molar-refractivity contribution in [2.75, 3.05) is 7.11 Å². The predicted molar refractivity (Wildman–Crippen MR) is 37.5 cm³/mol. The molecule has 0 bridgehead atoms. The van der Waals surface area contributed by atoms with Gasteiger partial charge in [-0.3, -0.25) is 0 Å². The molecule has 1 radical (unpaired) electrons. The van der Waals surface area contributed by atoms with Gasteiger partial charge in [0.25, 0.3) is 6.36 Å². The maximum atomic E-state index is 12.2. The molecule has 0 saturated heterocycles. The van der Waals surface area contributed by atoms with Crippen LogP contribution in [-0.2, 0) is 5.11 Å². The minimum Gasteiger partial charge on any atom is -0.496 e. The van der Waals surface area contributed by atoms with Gasteiger partial charge in [-0.2, -0.15) is 5.11 Å². The van der Waals surface area contributed by atoms with E-state index in [4.69, 9.17) is 4.74 Å². The van der Waals surface area contributed by atoms with Crippen LogP contribution in [0.3, 0.4) is 0 Å². The minimum atomic E-state index is -2.22. The summed E-state index contributed by atoms with van der Waals surface area (Å²) in [5.74, 6) is 0.301. The Balaban J connectivity index is 3.02. The molecular weight excluding hydrogens is 147 g/mol. The van der Waals surface area contributed by atoms with Crippen LogP contribution in [0.1, 0.15) is 11.9 Å². The van der Waals surface area contributed by atoms with E-state index in [0.717, 1.165) is 0 Å². The van der Waals surface area contributed by atoms with Crippen LogP contribution in [0.25, 0.3) is 0 Å². The zero-order valence-electron chi connectivity index (χ0n) is 6.08. The highest BCUT2D eigenvalue weighted by Gasteiger charge is 2.11. The van der Waals surface area contributed by atoms with Crippen molar-refractivity contribution in [3.63, 3.8) is 0 Å². The van der Waals surface area contributed by atoms with E-state index >= 15 is 0 Å². The number of hydrogen-bond donors (Lipinski definition) is 0. The average Bonchev–Trinajstić information content (AvgIpc) is 2.04. The molecule has 0 N–H and O–H groups in total. The molecule has 1 rings (SSSR count). The van der Waals surface area contributed by atoms with Crippen LogP contribution in [0.5, 0.6) is 5.75 Å². The Bertz CT molecular complexity index is 235. The lowest BCUT2D eigenvalue weighted by Gasteiger charge is -2.05. The van der Waals surface area contributed by atoms with Gasteiger partial charge in [-0.25, -0.2) is 4.39 Å². The first-order chi connectivity index (χ1) is 5.25. The average molecular weight is 155 g/mol. The normalized spacial score (nSPS) is 12.6. The summed E-state index contributed by atoms with van der Waals surface area (Å²) in [7, 11) is 1.40. The summed E-state index contributed by atoms with van der Waals surface area (Å²) in [6, 6.07) is 6.25. The fourth-order valence-electron chi connectivity index (χ4n) is 0.854. The Morgan fingerprint density at radius 1 is 1.45 bits per heavy atom. The fraction of sp³-hybridized carbons (Fsp3) is 0.250. The zero-order chi connectivity index (χ0) is 8.27. The number of benzene rings is 1. The first-order valence-electron chi connectivity index (χ1n) is 3.18. The molecule has 3 heteroatoms. The van der Waals surface area contributed by atoms with Crippen molar-refractivity contribution >= 4 is 0 Å². The molecule has 59 valence electrons. The number of halogens is 1. The smallest absolute Gasteiger partial charge is 0.260 e. The van der Waals surface area contributed by atoms with Crippen molar-refractivity contribution in [1.29, 1.82) is 0 Å². The second kappa shape index (κ2) is 3.34. The van der Waals surface area contributed by atoms with E-state index in [1.54, 1.807) is 18.2 Å². The molecule has 1 aromatic carbocycles. The molecule has 1 unspecified atom stereocenters. The highest BCUT2D eigenvalue weighted by atomic mass is 19.1. The molecule has 0 spiro atoms. The van der Waals surface area contributed by atoms with Gasteiger partial charge in [0.1, 0.15) is 5.75 Å². The van der Waals surface area contributed by atoms with E-state index in [2.05, 4.69) is 0 Å². The maximum absolute atomic E-state index is 12.2. The van der Waals surface area contributed by atoms with Gasteiger partial charge in [-0.05, 0) is 12.1 Å². The topological polar surface area (TPSA) is 29.1 Å². The summed E-state index contributed by atoms with van der Waals surface area (Å²) in [6.07, 6.45) is -2.22. The van der Waals surface area contributed by atoms with Crippen molar-refractivity contribution in [2.45, 2.75) is 6.36 Å². The van der Waals surface area contributed by atoms with Crippen molar-refractivity contribution in [3.8, 4) is 5.75 Å². The van der Waals surface area contributed by atoms with Crippen LogP contribution in [0, 0.1) is 0 Å². The van der Waals surface area contributed by atoms with E-state index < -0.39 is 6.36 Å². The molecule has 0 aliphatic rings. The highest BCUT2D eigenvalue weighted by molar-refractivity contribution is 5.33. The van der Waals surface area contributed by atoms with Gasteiger partial charge >= 0.3 is 0 Å². The van der Waals surface area contributed by atoms with E-state index in [9.17, 15) is 9.50 Å². The van der Waals surface area contributed by atoms with Gasteiger partial charge in [0, 0.05) is 0 Å². The SMILES string of the molecule is COc1ccccc1C([O])F. The molecule has 1 aromatic rings. The predicted octanol–water partition coefficient (Wildman–Crippen LogP) is 2.09. The number of ether oxygens (including phenoxy) is 1. The zero-order valence-corrected chi connectivity index (χ0v) is 6.08. The Morgan fingerprint density at radius 3 is 2.55 bits per heavy atom. The third-order valence-corrected chi connectivity index (χ3v) is 1.38. The second-order valence-electron chi connectivity index (χ2n) is 2.06. The molecular formula is C8H8FO2. The number of rotatable bonds is 2. The van der Waals surface area contributed by atoms with Crippen molar-refractivity contribution in [1.82, 2.24) is 0 Å². The molecule has 0 amide bonds. The first-order valence-corrected chi connectivity index (χ1v) is 3.18. The maximum Gasteiger partial charge on any atom is 0.260 e. The lowest BCUT2D eigenvalue weighted by molar-refractivity contribution is -0.0262. The molecule has 11 heavy (non-hydrogen) atoms. The lowest BCUT2D eigenvalue weighted by Crippen LogP contribution is -1.92. The van der Waals surface area contributed by atoms with Crippen molar-refractivity contribution in [2.24, 2.45) is 0 Å². The Morgan fingerprint density at radius 2 is 2.09 bits per heavy atom.